The van der Waals surface area contributed by atoms with Crippen molar-refractivity contribution in [2.75, 3.05) is 26.2 Å². The van der Waals surface area contributed by atoms with Crippen LogP contribution in [0.15, 0.2) is 21.7 Å². The summed E-state index contributed by atoms with van der Waals surface area (Å²) in [5, 5.41) is 10.7. The molecule has 0 unspecified atom stereocenters. The van der Waals surface area contributed by atoms with E-state index in [0.717, 1.165) is 0 Å². The fraction of sp³-hybridized carbons (Fsp3) is 0.400. The minimum Gasteiger partial charge on any atom is -0.314 e. The summed E-state index contributed by atoms with van der Waals surface area (Å²) in [5.41, 5.74) is 0.434. The number of sulfonamides is 1. The standard InChI is InChI=1S/C10H11ClN4O3S.ClH/c11-7-1-2-8(10-9(7)13-18-14-10)19(16,17)15-5-3-12-4-6-15;/h1-2,12H,3-6H2;1H. The van der Waals surface area contributed by atoms with Crippen LogP contribution in [0.25, 0.3) is 11.0 Å². The van der Waals surface area contributed by atoms with Gasteiger partial charge < -0.3 is 5.32 Å². The zero-order chi connectivity index (χ0) is 13.5. The molecular formula is C10H12Cl2N4O3S. The molecule has 7 nitrogen and oxygen atoms in total. The summed E-state index contributed by atoms with van der Waals surface area (Å²) in [4.78, 5) is 0.0788. The number of benzene rings is 1. The normalized spacial score (nSPS) is 17.1. The fourth-order valence-corrected chi connectivity index (χ4v) is 3.79. The molecule has 1 fully saturated rings. The third-order valence-electron chi connectivity index (χ3n) is 3.02. The average molecular weight is 339 g/mol. The Morgan fingerprint density at radius 1 is 1.20 bits per heavy atom. The topological polar surface area (TPSA) is 88.3 Å². The monoisotopic (exact) mass is 338 g/mol. The second kappa shape index (κ2) is 5.82. The predicted molar refractivity (Wildman–Crippen MR) is 75.7 cm³/mol. The van der Waals surface area contributed by atoms with E-state index in [2.05, 4.69) is 20.3 Å². The van der Waals surface area contributed by atoms with Crippen LogP contribution in [0.3, 0.4) is 0 Å². The predicted octanol–water partition coefficient (Wildman–Crippen LogP) is 0.892. The number of rotatable bonds is 2. The molecule has 1 aromatic heterocycles. The number of aromatic nitrogens is 2. The highest BCUT2D eigenvalue weighted by atomic mass is 35.5. The smallest absolute Gasteiger partial charge is 0.245 e. The summed E-state index contributed by atoms with van der Waals surface area (Å²) in [7, 11) is -3.60. The molecular weight excluding hydrogens is 327 g/mol. The number of piperazine rings is 1. The lowest BCUT2D eigenvalue weighted by Gasteiger charge is -2.26. The zero-order valence-corrected chi connectivity index (χ0v) is 12.6. The number of hydrogen-bond donors (Lipinski definition) is 1. The first-order valence-corrected chi connectivity index (χ1v) is 7.54. The Morgan fingerprint density at radius 2 is 1.85 bits per heavy atom. The zero-order valence-electron chi connectivity index (χ0n) is 10.2. The molecule has 1 N–H and O–H groups in total. The highest BCUT2D eigenvalue weighted by Crippen LogP contribution is 2.28. The summed E-state index contributed by atoms with van der Waals surface area (Å²) in [6, 6.07) is 2.93. The second-order valence-electron chi connectivity index (χ2n) is 4.16. The van der Waals surface area contributed by atoms with Crippen molar-refractivity contribution in [3.8, 4) is 0 Å². The molecule has 110 valence electrons. The minimum atomic E-state index is -3.60. The van der Waals surface area contributed by atoms with Crippen LogP contribution >= 0.6 is 24.0 Å². The molecule has 2 aromatic rings. The van der Waals surface area contributed by atoms with Crippen molar-refractivity contribution in [2.45, 2.75) is 4.90 Å². The van der Waals surface area contributed by atoms with E-state index in [4.69, 9.17) is 11.6 Å². The first-order chi connectivity index (χ1) is 9.10. The van der Waals surface area contributed by atoms with E-state index in [1.165, 1.54) is 16.4 Å². The fourth-order valence-electron chi connectivity index (χ4n) is 2.05. The van der Waals surface area contributed by atoms with E-state index in [1.807, 2.05) is 0 Å². The van der Waals surface area contributed by atoms with Crippen LogP contribution in [-0.4, -0.2) is 49.2 Å². The van der Waals surface area contributed by atoms with Gasteiger partial charge in [-0.2, -0.15) is 4.31 Å². The molecule has 1 aromatic carbocycles. The van der Waals surface area contributed by atoms with Crippen molar-refractivity contribution in [3.05, 3.63) is 17.2 Å². The molecule has 0 atom stereocenters. The number of nitrogens with one attached hydrogen (secondary N) is 1. The molecule has 0 bridgehead atoms. The van der Waals surface area contributed by atoms with Gasteiger partial charge in [-0.15, -0.1) is 12.4 Å². The van der Waals surface area contributed by atoms with Crippen molar-refractivity contribution in [1.82, 2.24) is 19.9 Å². The van der Waals surface area contributed by atoms with Crippen molar-refractivity contribution >= 4 is 45.1 Å². The van der Waals surface area contributed by atoms with Gasteiger partial charge in [0, 0.05) is 26.2 Å². The van der Waals surface area contributed by atoms with Gasteiger partial charge in [-0.05, 0) is 22.4 Å². The Labute approximate surface area is 126 Å². The van der Waals surface area contributed by atoms with Gasteiger partial charge in [-0.3, -0.25) is 0 Å². The molecule has 0 radical (unpaired) electrons. The van der Waals surface area contributed by atoms with Crippen molar-refractivity contribution in [3.63, 3.8) is 0 Å². The van der Waals surface area contributed by atoms with Crippen molar-refractivity contribution in [1.29, 1.82) is 0 Å². The van der Waals surface area contributed by atoms with E-state index in [9.17, 15) is 8.42 Å². The molecule has 1 saturated heterocycles. The van der Waals surface area contributed by atoms with Crippen LogP contribution in [0.1, 0.15) is 0 Å². The summed E-state index contributed by atoms with van der Waals surface area (Å²) >= 11 is 5.93. The Kier molecular flexibility index (Phi) is 4.50. The van der Waals surface area contributed by atoms with E-state index >= 15 is 0 Å². The summed E-state index contributed by atoms with van der Waals surface area (Å²) in [5.74, 6) is 0. The van der Waals surface area contributed by atoms with Crippen molar-refractivity contribution < 1.29 is 13.0 Å². The average Bonchev–Trinajstić information content (AvgIpc) is 2.90. The molecule has 0 saturated carbocycles. The summed E-state index contributed by atoms with van der Waals surface area (Å²) in [6.45, 7) is 2.12. The third kappa shape index (κ3) is 2.49. The summed E-state index contributed by atoms with van der Waals surface area (Å²) in [6.07, 6.45) is 0. The van der Waals surface area contributed by atoms with Gasteiger partial charge in [0.1, 0.15) is 4.90 Å². The first-order valence-electron chi connectivity index (χ1n) is 5.72. The van der Waals surface area contributed by atoms with Gasteiger partial charge in [0.2, 0.25) is 10.0 Å². The van der Waals surface area contributed by atoms with Gasteiger partial charge >= 0.3 is 0 Å². The Hall–Kier alpha value is -0.930. The highest BCUT2D eigenvalue weighted by molar-refractivity contribution is 7.89. The first kappa shape index (κ1) is 15.5. The van der Waals surface area contributed by atoms with E-state index in [-0.39, 0.29) is 28.3 Å². The number of nitrogens with zero attached hydrogens (tertiary/aromatic N) is 3. The molecule has 3 rings (SSSR count). The van der Waals surface area contributed by atoms with E-state index in [1.54, 1.807) is 0 Å². The quantitative estimate of drug-likeness (QED) is 0.874. The van der Waals surface area contributed by atoms with Crippen LogP contribution in [0.5, 0.6) is 0 Å². The maximum absolute atomic E-state index is 12.6. The van der Waals surface area contributed by atoms with E-state index < -0.39 is 10.0 Å². The summed E-state index contributed by atoms with van der Waals surface area (Å²) < 4.78 is 31.1. The molecule has 2 heterocycles. The third-order valence-corrected chi connectivity index (χ3v) is 5.26. The minimum absolute atomic E-state index is 0. The largest absolute Gasteiger partial charge is 0.314 e. The lowest BCUT2D eigenvalue weighted by molar-refractivity contribution is 0.314. The van der Waals surface area contributed by atoms with Gasteiger partial charge in [0.05, 0.1) is 5.02 Å². The van der Waals surface area contributed by atoms with Crippen LogP contribution in [0.2, 0.25) is 5.02 Å². The van der Waals surface area contributed by atoms with E-state index in [0.29, 0.717) is 31.2 Å². The SMILES string of the molecule is Cl.O=S(=O)(c1ccc(Cl)c2nonc12)N1CCNCC1. The maximum Gasteiger partial charge on any atom is 0.245 e. The number of hydrogen-bond acceptors (Lipinski definition) is 6. The Morgan fingerprint density at radius 3 is 2.55 bits per heavy atom. The molecule has 0 aliphatic carbocycles. The molecule has 0 amide bonds. The number of fused-ring (bicyclic) bond motifs is 1. The lowest BCUT2D eigenvalue weighted by atomic mass is 10.3. The van der Waals surface area contributed by atoms with Crippen molar-refractivity contribution in [2.24, 2.45) is 0 Å². The second-order valence-corrected chi connectivity index (χ2v) is 6.47. The van der Waals surface area contributed by atoms with Crippen LogP contribution in [-0.2, 0) is 10.0 Å². The molecule has 1 aliphatic heterocycles. The molecule has 1 aliphatic rings. The Balaban J connectivity index is 0.00000147. The van der Waals surface area contributed by atoms with Gasteiger partial charge in [-0.25, -0.2) is 13.0 Å². The lowest BCUT2D eigenvalue weighted by Crippen LogP contribution is -2.46. The van der Waals surface area contributed by atoms with Gasteiger partial charge in [-0.1, -0.05) is 11.6 Å². The van der Waals surface area contributed by atoms with Crippen LogP contribution in [0.4, 0.5) is 0 Å². The van der Waals surface area contributed by atoms with Crippen LogP contribution < -0.4 is 5.32 Å². The highest BCUT2D eigenvalue weighted by Gasteiger charge is 2.29. The van der Waals surface area contributed by atoms with Gasteiger partial charge in [0.25, 0.3) is 0 Å². The molecule has 10 heteroatoms. The molecule has 0 spiro atoms. The number of halogens is 2. The van der Waals surface area contributed by atoms with Gasteiger partial charge in [0.15, 0.2) is 11.0 Å². The Bertz CT molecular complexity index is 712. The van der Waals surface area contributed by atoms with Crippen LogP contribution in [0, 0.1) is 0 Å². The maximum atomic E-state index is 12.6. The molecule has 20 heavy (non-hydrogen) atoms.